The fourth-order valence-corrected chi connectivity index (χ4v) is 1.15. The number of rotatable bonds is 3. The molecule has 7 heteroatoms. The zero-order valence-electron chi connectivity index (χ0n) is 8.76. The van der Waals surface area contributed by atoms with Gasteiger partial charge in [0.1, 0.15) is 17.9 Å². The summed E-state index contributed by atoms with van der Waals surface area (Å²) in [6, 6.07) is 1.95. The van der Waals surface area contributed by atoms with Gasteiger partial charge in [-0.2, -0.15) is 15.3 Å². The van der Waals surface area contributed by atoms with E-state index in [-0.39, 0.29) is 12.0 Å². The average molecular weight is 219 g/mol. The second-order valence-electron chi connectivity index (χ2n) is 3.11. The summed E-state index contributed by atoms with van der Waals surface area (Å²) < 4.78 is 10.1. The molecule has 0 aliphatic carbocycles. The highest BCUT2D eigenvalue weighted by Gasteiger charge is 2.17. The van der Waals surface area contributed by atoms with Crippen LogP contribution in [0, 0.1) is 11.3 Å². The summed E-state index contributed by atoms with van der Waals surface area (Å²) in [7, 11) is 1.55. The number of ether oxygens (including phenoxy) is 1. The molecule has 0 radical (unpaired) electrons. The Morgan fingerprint density at radius 1 is 1.62 bits per heavy atom. The molecule has 16 heavy (non-hydrogen) atoms. The summed E-state index contributed by atoms with van der Waals surface area (Å²) in [6.45, 7) is 1.80. The topological polar surface area (TPSA) is 101 Å². The Morgan fingerprint density at radius 3 is 3.12 bits per heavy atom. The van der Waals surface area contributed by atoms with Crippen LogP contribution in [0.25, 0.3) is 11.5 Å². The van der Waals surface area contributed by atoms with Gasteiger partial charge in [0.05, 0.1) is 11.8 Å². The number of hydrogen-bond acceptors (Lipinski definition) is 6. The molecule has 82 valence electrons. The van der Waals surface area contributed by atoms with Crippen LogP contribution in [0.1, 0.15) is 24.5 Å². The van der Waals surface area contributed by atoms with E-state index in [4.69, 9.17) is 14.5 Å². The minimum Gasteiger partial charge on any atom is -0.374 e. The molecule has 2 aromatic heterocycles. The first-order chi connectivity index (χ1) is 7.76. The van der Waals surface area contributed by atoms with Crippen molar-refractivity contribution >= 4 is 0 Å². The number of nitrogens with zero attached hydrogens (tertiary/aromatic N) is 4. The number of aromatic nitrogens is 4. The van der Waals surface area contributed by atoms with E-state index in [0.717, 1.165) is 0 Å². The van der Waals surface area contributed by atoms with Crippen molar-refractivity contribution in [2.75, 3.05) is 7.11 Å². The summed E-state index contributed by atoms with van der Waals surface area (Å²) >= 11 is 0. The highest BCUT2D eigenvalue weighted by molar-refractivity contribution is 5.58. The lowest BCUT2D eigenvalue weighted by Crippen LogP contribution is -1.97. The molecule has 0 aliphatic rings. The maximum atomic E-state index is 8.79. The number of hydrogen-bond donors (Lipinski definition) is 1. The Bertz CT molecular complexity index is 524. The van der Waals surface area contributed by atoms with Gasteiger partial charge in [-0.3, -0.25) is 5.10 Å². The van der Waals surface area contributed by atoms with Crippen molar-refractivity contribution in [2.24, 2.45) is 0 Å². The third-order valence-corrected chi connectivity index (χ3v) is 2.14. The SMILES string of the molecule is COC(C)c1noc(-c2cn[nH]c2C#N)n1. The lowest BCUT2D eigenvalue weighted by atomic mass is 10.2. The molecule has 2 rings (SSSR count). The molecule has 0 spiro atoms. The molecule has 1 unspecified atom stereocenters. The Balaban J connectivity index is 2.36. The zero-order valence-corrected chi connectivity index (χ0v) is 8.76. The van der Waals surface area contributed by atoms with Crippen molar-refractivity contribution in [1.29, 1.82) is 5.26 Å². The first kappa shape index (κ1) is 10.3. The van der Waals surface area contributed by atoms with Crippen LogP contribution in [0.15, 0.2) is 10.7 Å². The highest BCUT2D eigenvalue weighted by Crippen LogP contribution is 2.21. The monoisotopic (exact) mass is 219 g/mol. The van der Waals surface area contributed by atoms with Gasteiger partial charge in [0, 0.05) is 7.11 Å². The van der Waals surface area contributed by atoms with E-state index in [0.29, 0.717) is 17.1 Å². The van der Waals surface area contributed by atoms with Gasteiger partial charge in [-0.05, 0) is 6.92 Å². The van der Waals surface area contributed by atoms with Crippen molar-refractivity contribution in [3.05, 3.63) is 17.7 Å². The van der Waals surface area contributed by atoms with Crippen LogP contribution < -0.4 is 0 Å². The van der Waals surface area contributed by atoms with Crippen LogP contribution in [0.4, 0.5) is 0 Å². The van der Waals surface area contributed by atoms with Crippen molar-refractivity contribution in [1.82, 2.24) is 20.3 Å². The minimum atomic E-state index is -0.255. The smallest absolute Gasteiger partial charge is 0.262 e. The molecule has 0 fully saturated rings. The predicted molar refractivity (Wildman–Crippen MR) is 52.0 cm³/mol. The van der Waals surface area contributed by atoms with Crippen LogP contribution in [0.2, 0.25) is 0 Å². The Labute approximate surface area is 91.0 Å². The molecular weight excluding hydrogens is 210 g/mol. The van der Waals surface area contributed by atoms with Crippen LogP contribution in [0.3, 0.4) is 0 Å². The summed E-state index contributed by atoms with van der Waals surface area (Å²) in [5.74, 6) is 0.687. The molecule has 2 heterocycles. The average Bonchev–Trinajstić information content (AvgIpc) is 2.95. The summed E-state index contributed by atoms with van der Waals surface area (Å²) in [6.07, 6.45) is 1.21. The lowest BCUT2D eigenvalue weighted by molar-refractivity contribution is 0.109. The van der Waals surface area contributed by atoms with E-state index in [1.807, 2.05) is 6.07 Å². The van der Waals surface area contributed by atoms with Crippen molar-refractivity contribution in [2.45, 2.75) is 13.0 Å². The second kappa shape index (κ2) is 4.12. The van der Waals surface area contributed by atoms with Crippen LogP contribution in [-0.4, -0.2) is 27.4 Å². The van der Waals surface area contributed by atoms with Crippen LogP contribution in [-0.2, 0) is 4.74 Å². The predicted octanol–water partition coefficient (Wildman–Crippen LogP) is 1.04. The first-order valence-electron chi connectivity index (χ1n) is 4.56. The van der Waals surface area contributed by atoms with Gasteiger partial charge in [-0.25, -0.2) is 0 Å². The zero-order chi connectivity index (χ0) is 11.5. The van der Waals surface area contributed by atoms with E-state index in [2.05, 4.69) is 20.3 Å². The largest absolute Gasteiger partial charge is 0.374 e. The number of H-pyrrole nitrogens is 1. The number of nitriles is 1. The molecule has 0 aliphatic heterocycles. The van der Waals surface area contributed by atoms with Gasteiger partial charge in [0.25, 0.3) is 5.89 Å². The third-order valence-electron chi connectivity index (χ3n) is 2.14. The summed E-state index contributed by atoms with van der Waals surface area (Å²) in [4.78, 5) is 4.12. The number of nitrogens with one attached hydrogen (secondary N) is 1. The second-order valence-corrected chi connectivity index (χ2v) is 3.11. The number of methoxy groups -OCH3 is 1. The van der Waals surface area contributed by atoms with E-state index < -0.39 is 0 Å². The van der Waals surface area contributed by atoms with Gasteiger partial charge >= 0.3 is 0 Å². The summed E-state index contributed by atoms with van der Waals surface area (Å²) in [5.41, 5.74) is 0.782. The third kappa shape index (κ3) is 1.66. The molecule has 1 N–H and O–H groups in total. The summed E-state index contributed by atoms with van der Waals surface area (Å²) in [5, 5.41) is 18.8. The maximum absolute atomic E-state index is 8.79. The molecule has 0 saturated carbocycles. The van der Waals surface area contributed by atoms with Gasteiger partial charge in [0.2, 0.25) is 5.82 Å². The highest BCUT2D eigenvalue weighted by atomic mass is 16.5. The first-order valence-corrected chi connectivity index (χ1v) is 4.56. The van der Waals surface area contributed by atoms with Crippen molar-refractivity contribution in [3.8, 4) is 17.5 Å². The fourth-order valence-electron chi connectivity index (χ4n) is 1.15. The minimum absolute atomic E-state index is 0.254. The Hall–Kier alpha value is -2.20. The maximum Gasteiger partial charge on any atom is 0.262 e. The van der Waals surface area contributed by atoms with Gasteiger partial charge in [0.15, 0.2) is 0 Å². The van der Waals surface area contributed by atoms with Crippen molar-refractivity contribution < 1.29 is 9.26 Å². The molecule has 1 atom stereocenters. The van der Waals surface area contributed by atoms with Gasteiger partial charge in [-0.1, -0.05) is 5.16 Å². The Kier molecular flexibility index (Phi) is 2.66. The fraction of sp³-hybridized carbons (Fsp3) is 0.333. The molecular formula is C9H9N5O2. The van der Waals surface area contributed by atoms with E-state index >= 15 is 0 Å². The van der Waals surface area contributed by atoms with Gasteiger partial charge in [-0.15, -0.1) is 0 Å². The number of aromatic amines is 1. The van der Waals surface area contributed by atoms with E-state index in [1.165, 1.54) is 6.20 Å². The van der Waals surface area contributed by atoms with Gasteiger partial charge < -0.3 is 9.26 Å². The standard InChI is InChI=1S/C9H9N5O2/c1-5(15-2)8-12-9(16-14-8)6-4-11-13-7(6)3-10/h4-5H,1-2H3,(H,11,13). The van der Waals surface area contributed by atoms with E-state index in [1.54, 1.807) is 14.0 Å². The Morgan fingerprint density at radius 2 is 2.44 bits per heavy atom. The molecule has 0 saturated heterocycles. The lowest BCUT2D eigenvalue weighted by Gasteiger charge is -2.00. The molecule has 0 bridgehead atoms. The van der Waals surface area contributed by atoms with Crippen molar-refractivity contribution in [3.63, 3.8) is 0 Å². The molecule has 2 aromatic rings. The van der Waals surface area contributed by atoms with Crippen LogP contribution >= 0.6 is 0 Å². The molecule has 0 aromatic carbocycles. The molecule has 7 nitrogen and oxygen atoms in total. The molecule has 0 amide bonds. The van der Waals surface area contributed by atoms with E-state index in [9.17, 15) is 0 Å². The normalized spacial score (nSPS) is 12.3. The quantitative estimate of drug-likeness (QED) is 0.827. The van der Waals surface area contributed by atoms with Crippen LogP contribution in [0.5, 0.6) is 0 Å².